The van der Waals surface area contributed by atoms with Crippen LogP contribution in [0, 0.1) is 0 Å². The summed E-state index contributed by atoms with van der Waals surface area (Å²) in [4.78, 5) is 27.6. The first kappa shape index (κ1) is 18.7. The van der Waals surface area contributed by atoms with Crippen LogP contribution in [-0.2, 0) is 24.1 Å². The molecule has 3 aromatic rings. The molecule has 0 saturated heterocycles. The van der Waals surface area contributed by atoms with Crippen LogP contribution in [-0.4, -0.2) is 17.7 Å². The molecular weight excluding hydrogens is 376 g/mol. The number of ether oxygens (including phenoxy) is 1. The van der Waals surface area contributed by atoms with Gasteiger partial charge in [-0.2, -0.15) is 0 Å². The lowest BCUT2D eigenvalue weighted by Gasteiger charge is -2.17. The summed E-state index contributed by atoms with van der Waals surface area (Å²) >= 11 is 0. The van der Waals surface area contributed by atoms with Crippen molar-refractivity contribution in [3.05, 3.63) is 92.9 Å². The van der Waals surface area contributed by atoms with Crippen molar-refractivity contribution in [3.8, 4) is 11.1 Å². The minimum absolute atomic E-state index is 0.0234. The van der Waals surface area contributed by atoms with E-state index in [2.05, 4.69) is 34.6 Å². The number of rotatable bonds is 4. The first-order valence-corrected chi connectivity index (χ1v) is 10.5. The summed E-state index contributed by atoms with van der Waals surface area (Å²) in [5.74, 6) is 0.0234. The lowest BCUT2D eigenvalue weighted by Crippen LogP contribution is -2.29. The molecule has 1 aromatic heterocycles. The zero-order valence-electron chi connectivity index (χ0n) is 16.7. The summed E-state index contributed by atoms with van der Waals surface area (Å²) in [7, 11) is 0. The van der Waals surface area contributed by atoms with Crippen LogP contribution in [0.1, 0.15) is 46.7 Å². The average molecular weight is 400 g/mol. The third kappa shape index (κ3) is 3.41. The first-order valence-electron chi connectivity index (χ1n) is 10.5. The molecule has 0 aliphatic heterocycles. The Balaban J connectivity index is 1.25. The molecule has 30 heavy (non-hydrogen) atoms. The number of aryl methyl sites for hydroxylation is 2. The maximum atomic E-state index is 12.4. The number of carbonyl (C=O) groups is 1. The molecule has 5 heteroatoms. The van der Waals surface area contributed by atoms with Crippen LogP contribution in [0.15, 0.2) is 59.4 Å². The smallest absolute Gasteiger partial charge is 0.407 e. The highest BCUT2D eigenvalue weighted by Crippen LogP contribution is 2.44. The highest BCUT2D eigenvalue weighted by atomic mass is 16.5. The Morgan fingerprint density at radius 1 is 1.00 bits per heavy atom. The second kappa shape index (κ2) is 7.82. The van der Waals surface area contributed by atoms with Gasteiger partial charge in [-0.05, 0) is 59.6 Å². The van der Waals surface area contributed by atoms with Crippen molar-refractivity contribution in [1.82, 2.24) is 10.3 Å². The fourth-order valence-corrected chi connectivity index (χ4v) is 4.67. The van der Waals surface area contributed by atoms with E-state index < -0.39 is 6.09 Å². The van der Waals surface area contributed by atoms with E-state index in [9.17, 15) is 9.59 Å². The van der Waals surface area contributed by atoms with Gasteiger partial charge in [-0.15, -0.1) is 0 Å². The largest absolute Gasteiger partial charge is 0.449 e. The number of carbonyl (C=O) groups excluding carboxylic acids is 1. The molecule has 2 N–H and O–H groups in total. The highest BCUT2D eigenvalue weighted by molar-refractivity contribution is 5.79. The average Bonchev–Trinajstić information content (AvgIpc) is 3.10. The molecule has 5 nitrogen and oxygen atoms in total. The second-order valence-electron chi connectivity index (χ2n) is 8.01. The van der Waals surface area contributed by atoms with Crippen LogP contribution in [0.3, 0.4) is 0 Å². The Morgan fingerprint density at radius 3 is 2.40 bits per heavy atom. The van der Waals surface area contributed by atoms with Crippen molar-refractivity contribution >= 4 is 6.09 Å². The number of pyridine rings is 1. The molecule has 0 saturated carbocycles. The summed E-state index contributed by atoms with van der Waals surface area (Å²) in [5, 5.41) is 2.74. The number of nitrogens with one attached hydrogen (secondary N) is 2. The van der Waals surface area contributed by atoms with E-state index in [0.717, 1.165) is 31.4 Å². The fourth-order valence-electron chi connectivity index (χ4n) is 4.67. The van der Waals surface area contributed by atoms with Gasteiger partial charge in [-0.1, -0.05) is 48.5 Å². The molecule has 0 atom stereocenters. The Kier molecular flexibility index (Phi) is 4.87. The molecule has 2 aliphatic rings. The standard InChI is InChI=1S/C25H24N2O3/c28-24-17(13-16-7-1-6-12-23(16)27-24)14-26-25(29)30-15-22-20-10-4-2-8-18(20)19-9-3-5-11-21(19)22/h2-5,8-11,13,22H,1,6-7,12,14-15H2,(H,26,29)(H,27,28). The summed E-state index contributed by atoms with van der Waals surface area (Å²) in [6.45, 7) is 0.430. The lowest BCUT2D eigenvalue weighted by molar-refractivity contribution is 0.142. The Morgan fingerprint density at radius 2 is 1.67 bits per heavy atom. The van der Waals surface area contributed by atoms with Crippen molar-refractivity contribution in [2.24, 2.45) is 0 Å². The molecule has 0 spiro atoms. The van der Waals surface area contributed by atoms with Crippen LogP contribution in [0.5, 0.6) is 0 Å². The van der Waals surface area contributed by atoms with Gasteiger partial charge < -0.3 is 15.0 Å². The minimum atomic E-state index is -0.506. The van der Waals surface area contributed by atoms with Crippen molar-refractivity contribution < 1.29 is 9.53 Å². The minimum Gasteiger partial charge on any atom is -0.449 e. The number of benzene rings is 2. The van der Waals surface area contributed by atoms with Crippen LogP contribution in [0.25, 0.3) is 11.1 Å². The van der Waals surface area contributed by atoms with Crippen molar-refractivity contribution in [2.45, 2.75) is 38.1 Å². The number of amides is 1. The van der Waals surface area contributed by atoms with Crippen LogP contribution in [0.4, 0.5) is 4.79 Å². The summed E-state index contributed by atoms with van der Waals surface area (Å²) in [6.07, 6.45) is 3.64. The van der Waals surface area contributed by atoms with Gasteiger partial charge >= 0.3 is 6.09 Å². The van der Waals surface area contributed by atoms with Crippen LogP contribution < -0.4 is 10.9 Å². The molecule has 0 radical (unpaired) electrons. The van der Waals surface area contributed by atoms with Gasteiger partial charge in [0.05, 0.1) is 6.54 Å². The molecule has 0 bridgehead atoms. The predicted octanol–water partition coefficient (Wildman–Crippen LogP) is 4.29. The fraction of sp³-hybridized carbons (Fsp3) is 0.280. The highest BCUT2D eigenvalue weighted by Gasteiger charge is 2.29. The zero-order chi connectivity index (χ0) is 20.5. The summed E-state index contributed by atoms with van der Waals surface area (Å²) in [6, 6.07) is 18.4. The molecule has 0 fully saturated rings. The molecule has 2 aromatic carbocycles. The van der Waals surface area contributed by atoms with E-state index in [-0.39, 0.29) is 24.6 Å². The molecule has 1 amide bonds. The van der Waals surface area contributed by atoms with Crippen LogP contribution >= 0.6 is 0 Å². The zero-order valence-corrected chi connectivity index (χ0v) is 16.7. The van der Waals surface area contributed by atoms with Gasteiger partial charge in [0.2, 0.25) is 0 Å². The van der Waals surface area contributed by atoms with Gasteiger partial charge in [0.25, 0.3) is 5.56 Å². The molecule has 5 rings (SSSR count). The lowest BCUT2D eigenvalue weighted by atomic mass is 9.95. The maximum Gasteiger partial charge on any atom is 0.407 e. The van der Waals surface area contributed by atoms with Gasteiger partial charge in [0.1, 0.15) is 6.61 Å². The van der Waals surface area contributed by atoms with Gasteiger partial charge in [0.15, 0.2) is 0 Å². The third-order valence-electron chi connectivity index (χ3n) is 6.18. The van der Waals surface area contributed by atoms with E-state index in [4.69, 9.17) is 4.74 Å². The topological polar surface area (TPSA) is 71.2 Å². The van der Waals surface area contributed by atoms with Crippen molar-refractivity contribution in [1.29, 1.82) is 0 Å². The van der Waals surface area contributed by atoms with Crippen molar-refractivity contribution in [3.63, 3.8) is 0 Å². The number of alkyl carbamates (subject to hydrolysis) is 1. The SMILES string of the molecule is O=C(NCc1cc2c([nH]c1=O)CCCC2)OCC1c2ccccc2-c2ccccc21. The molecule has 152 valence electrons. The number of H-pyrrole nitrogens is 1. The second-order valence-corrected chi connectivity index (χ2v) is 8.01. The number of hydrogen-bond donors (Lipinski definition) is 2. The quantitative estimate of drug-likeness (QED) is 0.686. The molecule has 1 heterocycles. The number of hydrogen-bond acceptors (Lipinski definition) is 3. The monoisotopic (exact) mass is 400 g/mol. The Bertz CT molecular complexity index is 1120. The number of fused-ring (bicyclic) bond motifs is 4. The number of aromatic amines is 1. The normalized spacial score (nSPS) is 14.5. The van der Waals surface area contributed by atoms with Gasteiger partial charge in [0, 0.05) is 17.2 Å². The Labute approximate surface area is 175 Å². The van der Waals surface area contributed by atoms with E-state index >= 15 is 0 Å². The summed E-state index contributed by atoms with van der Waals surface area (Å²) in [5.41, 5.74) is 7.42. The van der Waals surface area contributed by atoms with E-state index in [1.807, 2.05) is 30.3 Å². The molecular formula is C25H24N2O3. The number of aromatic nitrogens is 1. The summed E-state index contributed by atoms with van der Waals surface area (Å²) < 4.78 is 5.55. The van der Waals surface area contributed by atoms with Gasteiger partial charge in [-0.25, -0.2) is 4.79 Å². The van der Waals surface area contributed by atoms with E-state index in [1.165, 1.54) is 27.8 Å². The Hall–Kier alpha value is -3.34. The first-order chi connectivity index (χ1) is 14.7. The predicted molar refractivity (Wildman–Crippen MR) is 116 cm³/mol. The molecule has 0 unspecified atom stereocenters. The third-order valence-corrected chi connectivity index (χ3v) is 6.18. The maximum absolute atomic E-state index is 12.4. The van der Waals surface area contributed by atoms with E-state index in [0.29, 0.717) is 5.56 Å². The van der Waals surface area contributed by atoms with E-state index in [1.54, 1.807) is 0 Å². The van der Waals surface area contributed by atoms with Crippen molar-refractivity contribution in [2.75, 3.05) is 6.61 Å². The molecule has 2 aliphatic carbocycles. The van der Waals surface area contributed by atoms with Crippen LogP contribution in [0.2, 0.25) is 0 Å². The van der Waals surface area contributed by atoms with Gasteiger partial charge in [-0.3, -0.25) is 4.79 Å².